The van der Waals surface area contributed by atoms with Crippen LogP contribution in [-0.2, 0) is 0 Å². The number of fused-ring (bicyclic) bond motifs is 1. The zero-order valence-corrected chi connectivity index (χ0v) is 13.1. The highest BCUT2D eigenvalue weighted by Gasteiger charge is 2.32. The lowest BCUT2D eigenvalue weighted by atomic mass is 9.86. The summed E-state index contributed by atoms with van der Waals surface area (Å²) in [5.74, 6) is 1.05. The summed E-state index contributed by atoms with van der Waals surface area (Å²) >= 11 is 6.31. The molecule has 2 aromatic rings. The Labute approximate surface area is 130 Å². The molecular weight excluding hydrogens is 282 g/mol. The Morgan fingerprint density at radius 3 is 2.62 bits per heavy atom. The molecule has 1 aliphatic rings. The fourth-order valence-electron chi connectivity index (χ4n) is 3.10. The van der Waals surface area contributed by atoms with Crippen molar-refractivity contribution in [2.75, 3.05) is 0 Å². The minimum atomic E-state index is -0.0244. The largest absolute Gasteiger partial charge is 0.488 e. The Bertz CT molecular complexity index is 641. The molecule has 3 atom stereocenters. The molecule has 0 bridgehead atoms. The maximum Gasteiger partial charge on any atom is 0.143 e. The van der Waals surface area contributed by atoms with Gasteiger partial charge in [-0.3, -0.25) is 0 Å². The van der Waals surface area contributed by atoms with Gasteiger partial charge in [-0.05, 0) is 24.1 Å². The second kappa shape index (κ2) is 5.70. The molecule has 0 aromatic heterocycles. The van der Waals surface area contributed by atoms with Gasteiger partial charge in [-0.15, -0.1) is 0 Å². The smallest absolute Gasteiger partial charge is 0.143 e. The molecule has 3 rings (SSSR count). The third-order valence-electron chi connectivity index (χ3n) is 4.38. The fourth-order valence-corrected chi connectivity index (χ4v) is 3.31. The lowest BCUT2D eigenvalue weighted by Crippen LogP contribution is -2.34. The minimum absolute atomic E-state index is 0.0244. The summed E-state index contributed by atoms with van der Waals surface area (Å²) in [6.45, 7) is 4.24. The van der Waals surface area contributed by atoms with Crippen molar-refractivity contribution in [2.45, 2.75) is 38.3 Å². The number of benzene rings is 2. The molecule has 3 heteroatoms. The molecule has 0 amide bonds. The van der Waals surface area contributed by atoms with Gasteiger partial charge >= 0.3 is 0 Å². The SMILES string of the molecule is Cc1ccc(Cl)c2c1[C@@H](N)CC([C@@H](C)c1ccccc1)O2. The molecule has 2 nitrogen and oxygen atoms in total. The van der Waals surface area contributed by atoms with Gasteiger partial charge in [0.05, 0.1) is 5.02 Å². The lowest BCUT2D eigenvalue weighted by Gasteiger charge is -2.35. The quantitative estimate of drug-likeness (QED) is 0.879. The topological polar surface area (TPSA) is 35.2 Å². The minimum Gasteiger partial charge on any atom is -0.488 e. The van der Waals surface area contributed by atoms with Crippen LogP contribution in [0.3, 0.4) is 0 Å². The van der Waals surface area contributed by atoms with E-state index in [0.29, 0.717) is 5.02 Å². The zero-order valence-electron chi connectivity index (χ0n) is 12.3. The molecule has 2 aromatic carbocycles. The number of hydrogen-bond donors (Lipinski definition) is 1. The maximum atomic E-state index is 6.38. The average Bonchev–Trinajstić information content (AvgIpc) is 2.50. The molecule has 0 radical (unpaired) electrons. The number of rotatable bonds is 2. The van der Waals surface area contributed by atoms with E-state index in [1.54, 1.807) is 0 Å². The zero-order chi connectivity index (χ0) is 15.0. The molecule has 0 saturated carbocycles. The second-order valence-corrected chi connectivity index (χ2v) is 6.21. The maximum absolute atomic E-state index is 6.38. The first kappa shape index (κ1) is 14.4. The summed E-state index contributed by atoms with van der Waals surface area (Å²) in [6, 6.07) is 14.3. The van der Waals surface area contributed by atoms with Crippen LogP contribution in [0.4, 0.5) is 0 Å². The highest BCUT2D eigenvalue weighted by atomic mass is 35.5. The van der Waals surface area contributed by atoms with E-state index in [0.717, 1.165) is 23.3 Å². The molecule has 110 valence electrons. The first-order valence-electron chi connectivity index (χ1n) is 7.34. The van der Waals surface area contributed by atoms with E-state index in [2.05, 4.69) is 38.1 Å². The summed E-state index contributed by atoms with van der Waals surface area (Å²) in [7, 11) is 0. The summed E-state index contributed by atoms with van der Waals surface area (Å²) in [4.78, 5) is 0. The molecule has 0 fully saturated rings. The van der Waals surface area contributed by atoms with Crippen LogP contribution in [0.15, 0.2) is 42.5 Å². The van der Waals surface area contributed by atoms with Crippen molar-refractivity contribution in [1.82, 2.24) is 0 Å². The van der Waals surface area contributed by atoms with Crippen LogP contribution >= 0.6 is 11.6 Å². The van der Waals surface area contributed by atoms with Crippen LogP contribution in [-0.4, -0.2) is 6.10 Å². The van der Waals surface area contributed by atoms with E-state index in [1.165, 1.54) is 5.56 Å². The van der Waals surface area contributed by atoms with Crippen molar-refractivity contribution < 1.29 is 4.74 Å². The first-order valence-corrected chi connectivity index (χ1v) is 7.72. The molecule has 1 unspecified atom stereocenters. The van der Waals surface area contributed by atoms with Gasteiger partial charge in [0.2, 0.25) is 0 Å². The van der Waals surface area contributed by atoms with E-state index in [-0.39, 0.29) is 18.1 Å². The second-order valence-electron chi connectivity index (χ2n) is 5.80. The van der Waals surface area contributed by atoms with Crippen LogP contribution in [0, 0.1) is 6.92 Å². The summed E-state index contributed by atoms with van der Waals surface area (Å²) in [5, 5.41) is 0.649. The third kappa shape index (κ3) is 2.66. The van der Waals surface area contributed by atoms with Gasteiger partial charge < -0.3 is 10.5 Å². The number of ether oxygens (including phenoxy) is 1. The molecule has 0 saturated heterocycles. The molecule has 0 aliphatic carbocycles. The lowest BCUT2D eigenvalue weighted by molar-refractivity contribution is 0.136. The van der Waals surface area contributed by atoms with Gasteiger partial charge in [0.1, 0.15) is 11.9 Å². The van der Waals surface area contributed by atoms with Crippen LogP contribution in [0.2, 0.25) is 5.02 Å². The number of hydrogen-bond acceptors (Lipinski definition) is 2. The highest BCUT2D eigenvalue weighted by molar-refractivity contribution is 6.32. The summed E-state index contributed by atoms with van der Waals surface area (Å²) < 4.78 is 6.22. The average molecular weight is 302 g/mol. The molecule has 1 heterocycles. The van der Waals surface area contributed by atoms with Crippen molar-refractivity contribution in [1.29, 1.82) is 0 Å². The van der Waals surface area contributed by atoms with E-state index < -0.39 is 0 Å². The normalized spacial score (nSPS) is 22.3. The Morgan fingerprint density at radius 2 is 1.90 bits per heavy atom. The van der Waals surface area contributed by atoms with Crippen molar-refractivity contribution in [3.63, 3.8) is 0 Å². The van der Waals surface area contributed by atoms with Gasteiger partial charge in [0.25, 0.3) is 0 Å². The van der Waals surface area contributed by atoms with Gasteiger partial charge in [0.15, 0.2) is 0 Å². The molecule has 21 heavy (non-hydrogen) atoms. The third-order valence-corrected chi connectivity index (χ3v) is 4.67. The number of halogens is 1. The Morgan fingerprint density at radius 1 is 1.19 bits per heavy atom. The fraction of sp³-hybridized carbons (Fsp3) is 0.333. The Hall–Kier alpha value is -1.51. The van der Waals surface area contributed by atoms with Crippen molar-refractivity contribution >= 4 is 11.6 Å². The van der Waals surface area contributed by atoms with Gasteiger partial charge in [0, 0.05) is 23.9 Å². The van der Waals surface area contributed by atoms with Crippen molar-refractivity contribution in [3.8, 4) is 5.75 Å². The molecule has 0 spiro atoms. The highest BCUT2D eigenvalue weighted by Crippen LogP contribution is 2.43. The van der Waals surface area contributed by atoms with Crippen LogP contribution in [0.1, 0.15) is 42.0 Å². The Kier molecular flexibility index (Phi) is 3.92. The first-order chi connectivity index (χ1) is 10.1. The summed E-state index contributed by atoms with van der Waals surface area (Å²) in [5.41, 5.74) is 9.85. The molecule has 1 aliphatic heterocycles. The monoisotopic (exact) mass is 301 g/mol. The predicted molar refractivity (Wildman–Crippen MR) is 87.0 cm³/mol. The Balaban J connectivity index is 1.93. The van der Waals surface area contributed by atoms with E-state index >= 15 is 0 Å². The van der Waals surface area contributed by atoms with Crippen molar-refractivity contribution in [2.24, 2.45) is 5.73 Å². The van der Waals surface area contributed by atoms with E-state index in [4.69, 9.17) is 22.1 Å². The van der Waals surface area contributed by atoms with Crippen LogP contribution < -0.4 is 10.5 Å². The van der Waals surface area contributed by atoms with E-state index in [1.807, 2.05) is 18.2 Å². The number of nitrogens with two attached hydrogens (primary N) is 1. The molecule has 2 N–H and O–H groups in total. The van der Waals surface area contributed by atoms with Gasteiger partial charge in [-0.25, -0.2) is 0 Å². The van der Waals surface area contributed by atoms with Gasteiger partial charge in [-0.1, -0.05) is 54.9 Å². The summed E-state index contributed by atoms with van der Waals surface area (Å²) in [6.07, 6.45) is 0.860. The van der Waals surface area contributed by atoms with Crippen LogP contribution in [0.5, 0.6) is 5.75 Å². The van der Waals surface area contributed by atoms with Crippen LogP contribution in [0.25, 0.3) is 0 Å². The van der Waals surface area contributed by atoms with Gasteiger partial charge in [-0.2, -0.15) is 0 Å². The predicted octanol–water partition coefficient (Wildman–Crippen LogP) is 4.60. The number of aryl methyl sites for hydroxylation is 1. The standard InChI is InChI=1S/C18H20ClNO/c1-11-8-9-14(19)18-17(11)15(20)10-16(21-18)12(2)13-6-4-3-5-7-13/h3-9,12,15-16H,10,20H2,1-2H3/t12-,15-,16?/m0/s1. The van der Waals surface area contributed by atoms with E-state index in [9.17, 15) is 0 Å². The van der Waals surface area contributed by atoms with Crippen molar-refractivity contribution in [3.05, 3.63) is 64.2 Å². The molecular formula is C18H20ClNO.